The van der Waals surface area contributed by atoms with Gasteiger partial charge >= 0.3 is 0 Å². The Morgan fingerprint density at radius 3 is 1.91 bits per heavy atom. The molecule has 0 spiro atoms. The predicted octanol–water partition coefficient (Wildman–Crippen LogP) is 10.6. The molecule has 0 unspecified atom stereocenters. The summed E-state index contributed by atoms with van der Waals surface area (Å²) < 4.78 is 4.48. The van der Waals surface area contributed by atoms with Gasteiger partial charge in [-0.3, -0.25) is 9.13 Å². The highest BCUT2D eigenvalue weighted by molar-refractivity contribution is 6.11. The maximum atomic E-state index is 11.0. The molecular formula is C42H38N4O. The van der Waals surface area contributed by atoms with Crippen molar-refractivity contribution in [1.82, 2.24) is 19.1 Å². The number of hydrogen-bond donors (Lipinski definition) is 1. The van der Waals surface area contributed by atoms with Gasteiger partial charge in [-0.25, -0.2) is 9.97 Å². The van der Waals surface area contributed by atoms with E-state index in [0.29, 0.717) is 0 Å². The van der Waals surface area contributed by atoms with Crippen molar-refractivity contribution in [3.05, 3.63) is 126 Å². The van der Waals surface area contributed by atoms with Crippen LogP contribution in [0.5, 0.6) is 5.75 Å². The monoisotopic (exact) mass is 614 g/mol. The number of aromatic hydroxyl groups is 1. The summed E-state index contributed by atoms with van der Waals surface area (Å²) in [4.78, 5) is 10.8. The molecule has 47 heavy (non-hydrogen) atoms. The van der Waals surface area contributed by atoms with E-state index in [9.17, 15) is 5.11 Å². The zero-order valence-electron chi connectivity index (χ0n) is 27.7. The van der Waals surface area contributed by atoms with Crippen molar-refractivity contribution < 1.29 is 5.11 Å². The van der Waals surface area contributed by atoms with Crippen molar-refractivity contribution in [2.45, 2.75) is 52.4 Å². The number of hydrogen-bond acceptors (Lipinski definition) is 3. The van der Waals surface area contributed by atoms with Crippen LogP contribution < -0.4 is 0 Å². The first-order chi connectivity index (χ1) is 22.5. The summed E-state index contributed by atoms with van der Waals surface area (Å²) in [5, 5.41) is 15.5. The van der Waals surface area contributed by atoms with E-state index in [1.54, 1.807) is 6.07 Å². The van der Waals surface area contributed by atoms with E-state index >= 15 is 0 Å². The second-order valence-electron chi connectivity index (χ2n) is 14.6. The zero-order chi connectivity index (χ0) is 32.7. The predicted molar refractivity (Wildman–Crippen MR) is 195 cm³/mol. The second kappa shape index (κ2) is 10.3. The van der Waals surface area contributed by atoms with E-state index in [0.717, 1.165) is 61.4 Å². The molecule has 1 N–H and O–H groups in total. The van der Waals surface area contributed by atoms with Gasteiger partial charge in [0.2, 0.25) is 0 Å². The normalized spacial score (nSPS) is 12.6. The van der Waals surface area contributed by atoms with Gasteiger partial charge in [-0.1, -0.05) is 102 Å². The molecule has 0 fully saturated rings. The minimum atomic E-state index is -0.169. The minimum Gasteiger partial charge on any atom is -0.507 e. The van der Waals surface area contributed by atoms with E-state index in [1.165, 1.54) is 16.3 Å². The SMILES string of the molecule is CC(C)(C)c1ccc(O)c(-c2ccc3c4ccccc4n(-c4cc(C(C)(C)C)c5c6ccccc6n(-c6ccccc6)c5n4)c3n2)c1. The van der Waals surface area contributed by atoms with Crippen LogP contribution in [0, 0.1) is 0 Å². The Morgan fingerprint density at radius 1 is 0.553 bits per heavy atom. The van der Waals surface area contributed by atoms with Crippen LogP contribution in [0.15, 0.2) is 115 Å². The maximum absolute atomic E-state index is 11.0. The zero-order valence-corrected chi connectivity index (χ0v) is 27.7. The van der Waals surface area contributed by atoms with Crippen LogP contribution in [0.3, 0.4) is 0 Å². The third-order valence-electron chi connectivity index (χ3n) is 9.33. The Bertz CT molecular complexity index is 2490. The molecule has 0 amide bonds. The lowest BCUT2D eigenvalue weighted by atomic mass is 9.85. The number of benzene rings is 4. The fraction of sp³-hybridized carbons (Fsp3) is 0.190. The van der Waals surface area contributed by atoms with Crippen LogP contribution in [0.2, 0.25) is 0 Å². The molecule has 4 aromatic carbocycles. The molecule has 0 aliphatic carbocycles. The Labute approximate surface area is 274 Å². The largest absolute Gasteiger partial charge is 0.507 e. The number of para-hydroxylation sites is 3. The fourth-order valence-electron chi connectivity index (χ4n) is 6.91. The third kappa shape index (κ3) is 4.60. The molecule has 4 heterocycles. The second-order valence-corrected chi connectivity index (χ2v) is 14.6. The number of fused-ring (bicyclic) bond motifs is 6. The summed E-state index contributed by atoms with van der Waals surface area (Å²) in [5.74, 6) is 1.03. The number of pyridine rings is 2. The Kier molecular flexibility index (Phi) is 6.36. The van der Waals surface area contributed by atoms with Crippen molar-refractivity contribution in [3.63, 3.8) is 0 Å². The van der Waals surface area contributed by atoms with Crippen molar-refractivity contribution >= 4 is 43.9 Å². The molecule has 0 aliphatic rings. The number of phenolic OH excluding ortho intramolecular Hbond substituents is 1. The maximum Gasteiger partial charge on any atom is 0.148 e. The molecule has 0 bridgehead atoms. The van der Waals surface area contributed by atoms with Gasteiger partial charge in [-0.2, -0.15) is 0 Å². The summed E-state index contributed by atoms with van der Waals surface area (Å²) in [6, 6.07) is 39.8. The molecule has 8 aromatic rings. The molecule has 232 valence electrons. The van der Waals surface area contributed by atoms with E-state index in [2.05, 4.69) is 142 Å². The molecule has 0 radical (unpaired) electrons. The topological polar surface area (TPSA) is 55.9 Å². The smallest absolute Gasteiger partial charge is 0.148 e. The van der Waals surface area contributed by atoms with Gasteiger partial charge in [0.15, 0.2) is 0 Å². The van der Waals surface area contributed by atoms with Gasteiger partial charge in [0.25, 0.3) is 0 Å². The Morgan fingerprint density at radius 2 is 1.21 bits per heavy atom. The number of phenols is 1. The van der Waals surface area contributed by atoms with Crippen molar-refractivity contribution in [1.29, 1.82) is 0 Å². The number of rotatable bonds is 3. The average molecular weight is 615 g/mol. The van der Waals surface area contributed by atoms with E-state index in [1.807, 2.05) is 18.2 Å². The van der Waals surface area contributed by atoms with Gasteiger partial charge < -0.3 is 5.11 Å². The molecular weight excluding hydrogens is 576 g/mol. The van der Waals surface area contributed by atoms with Crippen LogP contribution in [-0.2, 0) is 10.8 Å². The molecule has 0 atom stereocenters. The van der Waals surface area contributed by atoms with Crippen LogP contribution in [0.1, 0.15) is 52.7 Å². The van der Waals surface area contributed by atoms with Gasteiger partial charge in [0, 0.05) is 32.8 Å². The van der Waals surface area contributed by atoms with Gasteiger partial charge in [0.05, 0.1) is 16.7 Å². The lowest BCUT2D eigenvalue weighted by Gasteiger charge is -2.22. The summed E-state index contributed by atoms with van der Waals surface area (Å²) >= 11 is 0. The highest BCUT2D eigenvalue weighted by Crippen LogP contribution is 2.41. The summed E-state index contributed by atoms with van der Waals surface area (Å²) in [7, 11) is 0. The third-order valence-corrected chi connectivity index (χ3v) is 9.33. The van der Waals surface area contributed by atoms with Crippen LogP contribution in [0.4, 0.5) is 0 Å². The van der Waals surface area contributed by atoms with Gasteiger partial charge in [-0.05, 0) is 76.6 Å². The quantitative estimate of drug-likeness (QED) is 0.215. The first-order valence-electron chi connectivity index (χ1n) is 16.3. The molecule has 5 heteroatoms. The standard InChI is InChI=1S/C42H38N4O/c1-41(2,3)26-20-23-36(47)31(24-26)33-22-21-29-28-16-10-12-18-34(28)46(39(29)43-33)37-25-32(42(4,5)6)38-30-17-11-13-19-35(30)45(40(38)44-37)27-14-8-7-9-15-27/h7-25,47H,1-6H3. The molecule has 0 saturated carbocycles. The molecule has 0 saturated heterocycles. The highest BCUT2D eigenvalue weighted by atomic mass is 16.3. The number of aromatic nitrogens is 4. The van der Waals surface area contributed by atoms with Crippen LogP contribution >= 0.6 is 0 Å². The molecule has 0 aliphatic heterocycles. The first-order valence-corrected chi connectivity index (χ1v) is 16.3. The van der Waals surface area contributed by atoms with Crippen LogP contribution in [-0.4, -0.2) is 24.2 Å². The summed E-state index contributed by atoms with van der Waals surface area (Å²) in [6.45, 7) is 13.4. The lowest BCUT2D eigenvalue weighted by molar-refractivity contribution is 0.476. The number of nitrogens with zero attached hydrogens (tertiary/aromatic N) is 4. The first kappa shape index (κ1) is 29.0. The lowest BCUT2D eigenvalue weighted by Crippen LogP contribution is -2.14. The highest BCUT2D eigenvalue weighted by Gasteiger charge is 2.26. The Hall–Kier alpha value is -5.42. The van der Waals surface area contributed by atoms with Crippen LogP contribution in [0.25, 0.3) is 66.6 Å². The fourth-order valence-corrected chi connectivity index (χ4v) is 6.91. The Balaban J connectivity index is 1.49. The minimum absolute atomic E-state index is 0.0681. The molecule has 4 aromatic heterocycles. The molecule has 5 nitrogen and oxygen atoms in total. The average Bonchev–Trinajstić information content (AvgIpc) is 3.56. The van der Waals surface area contributed by atoms with Crippen molar-refractivity contribution in [2.75, 3.05) is 0 Å². The van der Waals surface area contributed by atoms with Crippen molar-refractivity contribution in [3.8, 4) is 28.5 Å². The van der Waals surface area contributed by atoms with E-state index in [-0.39, 0.29) is 16.6 Å². The summed E-state index contributed by atoms with van der Waals surface area (Å²) in [6.07, 6.45) is 0. The van der Waals surface area contributed by atoms with E-state index in [4.69, 9.17) is 9.97 Å². The summed E-state index contributed by atoms with van der Waals surface area (Å²) in [5.41, 5.74) is 8.52. The van der Waals surface area contributed by atoms with E-state index < -0.39 is 0 Å². The van der Waals surface area contributed by atoms with Gasteiger partial charge in [0.1, 0.15) is 22.9 Å². The van der Waals surface area contributed by atoms with Crippen molar-refractivity contribution in [2.24, 2.45) is 0 Å². The molecule has 8 rings (SSSR count). The van der Waals surface area contributed by atoms with Gasteiger partial charge in [-0.15, -0.1) is 0 Å².